The van der Waals surface area contributed by atoms with E-state index in [-0.39, 0.29) is 18.1 Å². The highest BCUT2D eigenvalue weighted by Gasteiger charge is 2.17. The van der Waals surface area contributed by atoms with Gasteiger partial charge in [0.15, 0.2) is 5.96 Å². The van der Waals surface area contributed by atoms with Crippen molar-refractivity contribution in [2.75, 3.05) is 34.3 Å². The summed E-state index contributed by atoms with van der Waals surface area (Å²) in [5.74, 6) is 0.612. The van der Waals surface area contributed by atoms with Crippen LogP contribution < -0.4 is 10.6 Å². The van der Waals surface area contributed by atoms with Crippen LogP contribution in [0.4, 0.5) is 0 Å². The van der Waals surface area contributed by atoms with Gasteiger partial charge in [0.05, 0.1) is 5.60 Å². The lowest BCUT2D eigenvalue weighted by atomic mass is 10.1. The summed E-state index contributed by atoms with van der Waals surface area (Å²) in [6.07, 6.45) is 0.982. The average Bonchev–Trinajstić information content (AvgIpc) is 2.40. The molecule has 0 fully saturated rings. The van der Waals surface area contributed by atoms with Crippen molar-refractivity contribution < 1.29 is 9.53 Å². The number of rotatable bonds is 7. The predicted molar refractivity (Wildman–Crippen MR) is 83.0 cm³/mol. The van der Waals surface area contributed by atoms with Crippen LogP contribution in [0.3, 0.4) is 0 Å². The zero-order valence-electron chi connectivity index (χ0n) is 13.9. The molecule has 0 aliphatic carbocycles. The first-order chi connectivity index (χ1) is 9.21. The van der Waals surface area contributed by atoms with Gasteiger partial charge in [-0.1, -0.05) is 6.92 Å². The Balaban J connectivity index is 4.64. The summed E-state index contributed by atoms with van der Waals surface area (Å²) in [6, 6.07) is 0.293. The number of likely N-dealkylation sites (N-methyl/N-ethyl adjacent to an activating group) is 1. The Bertz CT molecular complexity index is 327. The van der Waals surface area contributed by atoms with Gasteiger partial charge in [-0.3, -0.25) is 4.79 Å². The predicted octanol–water partition coefficient (Wildman–Crippen LogP) is 0.833. The van der Waals surface area contributed by atoms with Crippen molar-refractivity contribution in [2.24, 2.45) is 4.99 Å². The van der Waals surface area contributed by atoms with E-state index in [0.717, 1.165) is 6.42 Å². The van der Waals surface area contributed by atoms with E-state index < -0.39 is 0 Å². The van der Waals surface area contributed by atoms with E-state index in [2.05, 4.69) is 29.5 Å². The van der Waals surface area contributed by atoms with Crippen LogP contribution >= 0.6 is 0 Å². The number of methoxy groups -OCH3 is 1. The minimum Gasteiger partial charge on any atom is -0.377 e. The average molecular weight is 286 g/mol. The van der Waals surface area contributed by atoms with Crippen molar-refractivity contribution in [1.29, 1.82) is 0 Å². The number of carbonyl (C=O) groups is 1. The summed E-state index contributed by atoms with van der Waals surface area (Å²) in [5, 5.41) is 6.48. The molecule has 0 saturated heterocycles. The number of guanidine groups is 1. The van der Waals surface area contributed by atoms with Crippen molar-refractivity contribution in [3.63, 3.8) is 0 Å². The molecule has 0 aliphatic rings. The van der Waals surface area contributed by atoms with Gasteiger partial charge in [-0.05, 0) is 27.2 Å². The molecular formula is C14H30N4O2. The molecule has 0 aromatic heterocycles. The standard InChI is InChI=1S/C14H30N4O2/c1-8-11(2)17-13(15-9-12(19)18(5)6)16-10-14(3,4)20-7/h11H,8-10H2,1-7H3,(H2,15,16,17). The second-order valence-electron chi connectivity index (χ2n) is 5.72. The Morgan fingerprint density at radius 3 is 2.45 bits per heavy atom. The van der Waals surface area contributed by atoms with Gasteiger partial charge in [0.25, 0.3) is 0 Å². The van der Waals surface area contributed by atoms with Gasteiger partial charge in [-0.2, -0.15) is 0 Å². The molecule has 0 aromatic rings. The minimum atomic E-state index is -0.288. The highest BCUT2D eigenvalue weighted by atomic mass is 16.5. The molecule has 0 rings (SSSR count). The first-order valence-corrected chi connectivity index (χ1v) is 7.02. The first kappa shape index (κ1) is 18.7. The quantitative estimate of drug-likeness (QED) is 0.537. The summed E-state index contributed by atoms with van der Waals surface area (Å²) in [6.45, 7) is 8.90. The third-order valence-corrected chi connectivity index (χ3v) is 3.10. The number of ether oxygens (including phenoxy) is 1. The van der Waals surface area contributed by atoms with Crippen molar-refractivity contribution >= 4 is 11.9 Å². The van der Waals surface area contributed by atoms with Crippen LogP contribution in [-0.4, -0.2) is 62.7 Å². The zero-order valence-corrected chi connectivity index (χ0v) is 13.9. The number of aliphatic imine (C=N–C) groups is 1. The molecule has 6 nitrogen and oxygen atoms in total. The second-order valence-corrected chi connectivity index (χ2v) is 5.72. The maximum Gasteiger partial charge on any atom is 0.243 e. The van der Waals surface area contributed by atoms with Gasteiger partial charge < -0.3 is 20.3 Å². The van der Waals surface area contributed by atoms with E-state index in [1.54, 1.807) is 21.2 Å². The molecule has 1 amide bonds. The maximum absolute atomic E-state index is 11.6. The number of hydrogen-bond donors (Lipinski definition) is 2. The Morgan fingerprint density at radius 1 is 1.40 bits per heavy atom. The van der Waals surface area contributed by atoms with Crippen LogP contribution in [0.25, 0.3) is 0 Å². The lowest BCUT2D eigenvalue weighted by Gasteiger charge is -2.25. The van der Waals surface area contributed by atoms with Gasteiger partial charge >= 0.3 is 0 Å². The van der Waals surface area contributed by atoms with Crippen LogP contribution in [0.5, 0.6) is 0 Å². The van der Waals surface area contributed by atoms with Crippen LogP contribution in [0.15, 0.2) is 4.99 Å². The van der Waals surface area contributed by atoms with E-state index >= 15 is 0 Å². The van der Waals surface area contributed by atoms with Crippen molar-refractivity contribution in [3.8, 4) is 0 Å². The highest BCUT2D eigenvalue weighted by molar-refractivity contribution is 5.84. The molecule has 0 aliphatic heterocycles. The minimum absolute atomic E-state index is 0.0266. The van der Waals surface area contributed by atoms with Gasteiger partial charge in [0, 0.05) is 33.8 Å². The van der Waals surface area contributed by atoms with Gasteiger partial charge in [-0.15, -0.1) is 0 Å². The number of hydrogen-bond acceptors (Lipinski definition) is 3. The molecule has 1 unspecified atom stereocenters. The van der Waals surface area contributed by atoms with Crippen molar-refractivity contribution in [3.05, 3.63) is 0 Å². The first-order valence-electron chi connectivity index (χ1n) is 7.02. The van der Waals surface area contributed by atoms with Crippen molar-refractivity contribution in [2.45, 2.75) is 45.8 Å². The molecule has 0 aromatic carbocycles. The van der Waals surface area contributed by atoms with E-state index in [4.69, 9.17) is 4.74 Å². The molecule has 0 saturated carbocycles. The smallest absolute Gasteiger partial charge is 0.243 e. The number of carbonyl (C=O) groups excluding carboxylic acids is 1. The summed E-state index contributed by atoms with van der Waals surface area (Å²) < 4.78 is 5.36. The van der Waals surface area contributed by atoms with E-state index in [9.17, 15) is 4.79 Å². The molecule has 6 heteroatoms. The summed E-state index contributed by atoms with van der Waals surface area (Å²) >= 11 is 0. The topological polar surface area (TPSA) is 66.0 Å². The molecule has 0 spiro atoms. The fourth-order valence-electron chi connectivity index (χ4n) is 1.14. The van der Waals surface area contributed by atoms with E-state index in [0.29, 0.717) is 18.5 Å². The molecule has 1 atom stereocenters. The number of nitrogens with one attached hydrogen (secondary N) is 2. The largest absolute Gasteiger partial charge is 0.377 e. The SMILES string of the molecule is CCC(C)NC(=NCC(=O)N(C)C)NCC(C)(C)OC. The molecular weight excluding hydrogens is 256 g/mol. The maximum atomic E-state index is 11.6. The van der Waals surface area contributed by atoms with Crippen molar-refractivity contribution in [1.82, 2.24) is 15.5 Å². The molecule has 20 heavy (non-hydrogen) atoms. The van der Waals surface area contributed by atoms with Crippen LogP contribution in [0, 0.1) is 0 Å². The number of amides is 1. The Kier molecular flexibility index (Phi) is 8.22. The Morgan fingerprint density at radius 2 is 2.00 bits per heavy atom. The third-order valence-electron chi connectivity index (χ3n) is 3.10. The van der Waals surface area contributed by atoms with E-state index in [1.807, 2.05) is 13.8 Å². The lowest BCUT2D eigenvalue weighted by Crippen LogP contribution is -2.48. The normalized spacial score (nSPS) is 13.8. The van der Waals surface area contributed by atoms with Gasteiger partial charge in [0.2, 0.25) is 5.91 Å². The zero-order chi connectivity index (χ0) is 15.8. The fourth-order valence-corrected chi connectivity index (χ4v) is 1.14. The Labute approximate surface area is 123 Å². The monoisotopic (exact) mass is 286 g/mol. The van der Waals surface area contributed by atoms with Crippen LogP contribution in [0.2, 0.25) is 0 Å². The fraction of sp³-hybridized carbons (Fsp3) is 0.857. The lowest BCUT2D eigenvalue weighted by molar-refractivity contribution is -0.127. The summed E-state index contributed by atoms with van der Waals surface area (Å²) in [4.78, 5) is 17.4. The molecule has 0 radical (unpaired) electrons. The third kappa shape index (κ3) is 7.99. The van der Waals surface area contributed by atoms with Gasteiger partial charge in [0.1, 0.15) is 6.54 Å². The molecule has 118 valence electrons. The van der Waals surface area contributed by atoms with Gasteiger partial charge in [-0.25, -0.2) is 4.99 Å². The van der Waals surface area contributed by atoms with Crippen LogP contribution in [-0.2, 0) is 9.53 Å². The molecule has 0 heterocycles. The summed E-state index contributed by atoms with van der Waals surface area (Å²) in [7, 11) is 5.12. The Hall–Kier alpha value is -1.30. The molecule has 2 N–H and O–H groups in total. The molecule has 0 bridgehead atoms. The summed E-state index contributed by atoms with van der Waals surface area (Å²) in [5.41, 5.74) is -0.288. The number of nitrogens with zero attached hydrogens (tertiary/aromatic N) is 2. The second kappa shape index (κ2) is 8.79. The van der Waals surface area contributed by atoms with E-state index in [1.165, 1.54) is 4.90 Å². The highest BCUT2D eigenvalue weighted by Crippen LogP contribution is 2.04. The van der Waals surface area contributed by atoms with Crippen LogP contribution in [0.1, 0.15) is 34.1 Å².